The van der Waals surface area contributed by atoms with Crippen LogP contribution in [0.15, 0.2) is 48.8 Å². The van der Waals surface area contributed by atoms with Crippen molar-refractivity contribution in [1.29, 1.82) is 5.26 Å². The highest BCUT2D eigenvalue weighted by molar-refractivity contribution is 5.82. The fourth-order valence-electron chi connectivity index (χ4n) is 2.27. The highest BCUT2D eigenvalue weighted by Gasteiger charge is 2.10. The third kappa shape index (κ3) is 2.32. The van der Waals surface area contributed by atoms with Crippen molar-refractivity contribution in [2.45, 2.75) is 6.54 Å². The maximum absolute atomic E-state index is 10.9. The van der Waals surface area contributed by atoms with Gasteiger partial charge in [-0.05, 0) is 18.2 Å². The molecule has 0 amide bonds. The summed E-state index contributed by atoms with van der Waals surface area (Å²) in [5.74, 6) is 0. The number of fused-ring (bicyclic) bond motifs is 1. The normalized spacial score (nSPS) is 10.4. The Morgan fingerprint density at radius 2 is 2.19 bits per heavy atom. The fraction of sp³-hybridized carbons (Fsp3) is 0.0667. The van der Waals surface area contributed by atoms with Crippen LogP contribution in [-0.2, 0) is 6.54 Å². The summed E-state index contributed by atoms with van der Waals surface area (Å²) in [6, 6.07) is 12.3. The first-order valence-corrected chi connectivity index (χ1v) is 6.26. The molecule has 2 heterocycles. The Hall–Kier alpha value is -3.20. The maximum atomic E-state index is 10.9. The van der Waals surface area contributed by atoms with Gasteiger partial charge in [-0.2, -0.15) is 5.26 Å². The summed E-state index contributed by atoms with van der Waals surface area (Å²) in [6.07, 6.45) is 3.42. The van der Waals surface area contributed by atoms with Gasteiger partial charge in [-0.1, -0.05) is 6.07 Å². The van der Waals surface area contributed by atoms with E-state index in [0.717, 1.165) is 16.5 Å². The molecule has 0 fully saturated rings. The highest BCUT2D eigenvalue weighted by Crippen LogP contribution is 2.23. The van der Waals surface area contributed by atoms with Crippen LogP contribution in [0.1, 0.15) is 11.3 Å². The van der Waals surface area contributed by atoms with Crippen molar-refractivity contribution in [1.82, 2.24) is 9.55 Å². The van der Waals surface area contributed by atoms with Gasteiger partial charge in [0.05, 0.1) is 17.0 Å². The molecule has 0 N–H and O–H groups in total. The summed E-state index contributed by atoms with van der Waals surface area (Å²) in [7, 11) is 0. The van der Waals surface area contributed by atoms with Gasteiger partial charge in [-0.3, -0.25) is 10.1 Å². The molecule has 0 saturated heterocycles. The van der Waals surface area contributed by atoms with Crippen molar-refractivity contribution in [3.05, 3.63) is 70.2 Å². The number of nitro benzene ring substituents is 1. The lowest BCUT2D eigenvalue weighted by Crippen LogP contribution is -2.01. The Labute approximate surface area is 120 Å². The Bertz CT molecular complexity index is 877. The van der Waals surface area contributed by atoms with E-state index in [0.29, 0.717) is 12.2 Å². The molecule has 6 heteroatoms. The monoisotopic (exact) mass is 278 g/mol. The number of benzene rings is 1. The van der Waals surface area contributed by atoms with Gasteiger partial charge in [0.2, 0.25) is 0 Å². The molecule has 0 unspecified atom stereocenters. The zero-order valence-corrected chi connectivity index (χ0v) is 10.9. The van der Waals surface area contributed by atoms with Crippen LogP contribution in [0.4, 0.5) is 5.69 Å². The minimum absolute atomic E-state index is 0.0501. The first kappa shape index (κ1) is 12.8. The molecule has 1 aromatic carbocycles. The van der Waals surface area contributed by atoms with Crippen LogP contribution in [0.25, 0.3) is 10.9 Å². The zero-order chi connectivity index (χ0) is 14.8. The summed E-state index contributed by atoms with van der Waals surface area (Å²) < 4.78 is 1.88. The van der Waals surface area contributed by atoms with Gasteiger partial charge in [-0.15, -0.1) is 0 Å². The summed E-state index contributed by atoms with van der Waals surface area (Å²) in [5, 5.41) is 20.9. The van der Waals surface area contributed by atoms with Crippen LogP contribution in [0.3, 0.4) is 0 Å². The quantitative estimate of drug-likeness (QED) is 0.544. The molecule has 0 bridgehead atoms. The van der Waals surface area contributed by atoms with E-state index in [1.165, 1.54) is 12.1 Å². The minimum Gasteiger partial charge on any atom is -0.343 e. The van der Waals surface area contributed by atoms with Gasteiger partial charge >= 0.3 is 0 Å². The molecule has 3 aromatic rings. The Balaban J connectivity index is 2.07. The van der Waals surface area contributed by atoms with Crippen LogP contribution < -0.4 is 0 Å². The van der Waals surface area contributed by atoms with Crippen LogP contribution in [-0.4, -0.2) is 14.5 Å². The second-order valence-corrected chi connectivity index (χ2v) is 4.57. The SMILES string of the molecule is N#Cc1ncccc1Cn1ccc2ccc([N+](=O)[O-])cc21. The van der Waals surface area contributed by atoms with Crippen molar-refractivity contribution in [2.75, 3.05) is 0 Å². The lowest BCUT2D eigenvalue weighted by molar-refractivity contribution is -0.384. The zero-order valence-electron chi connectivity index (χ0n) is 10.9. The van der Waals surface area contributed by atoms with E-state index in [1.54, 1.807) is 18.3 Å². The van der Waals surface area contributed by atoms with Gasteiger partial charge in [0.25, 0.3) is 5.69 Å². The molecular weight excluding hydrogens is 268 g/mol. The van der Waals surface area contributed by atoms with Crippen molar-refractivity contribution in [2.24, 2.45) is 0 Å². The van der Waals surface area contributed by atoms with Crippen molar-refractivity contribution < 1.29 is 4.92 Å². The molecule has 2 aromatic heterocycles. The van der Waals surface area contributed by atoms with Gasteiger partial charge in [0, 0.05) is 35.5 Å². The van der Waals surface area contributed by atoms with E-state index < -0.39 is 4.92 Å². The van der Waals surface area contributed by atoms with E-state index in [-0.39, 0.29) is 5.69 Å². The average molecular weight is 278 g/mol. The van der Waals surface area contributed by atoms with E-state index in [9.17, 15) is 10.1 Å². The topological polar surface area (TPSA) is 84.8 Å². The number of nitriles is 1. The third-order valence-corrected chi connectivity index (χ3v) is 3.31. The largest absolute Gasteiger partial charge is 0.343 e. The van der Waals surface area contributed by atoms with Crippen molar-refractivity contribution in [3.63, 3.8) is 0 Å². The second-order valence-electron chi connectivity index (χ2n) is 4.57. The molecule has 6 nitrogen and oxygen atoms in total. The molecule has 0 aliphatic rings. The number of non-ortho nitro benzene ring substituents is 1. The molecular formula is C15H10N4O2. The number of rotatable bonds is 3. The van der Waals surface area contributed by atoms with Crippen LogP contribution in [0, 0.1) is 21.4 Å². The average Bonchev–Trinajstić information content (AvgIpc) is 2.90. The van der Waals surface area contributed by atoms with Crippen LogP contribution in [0.2, 0.25) is 0 Å². The highest BCUT2D eigenvalue weighted by atomic mass is 16.6. The summed E-state index contributed by atoms with van der Waals surface area (Å²) in [6.45, 7) is 0.446. The van der Waals surface area contributed by atoms with Gasteiger partial charge in [-0.25, -0.2) is 4.98 Å². The van der Waals surface area contributed by atoms with Crippen molar-refractivity contribution in [3.8, 4) is 6.07 Å². The number of hydrogen-bond acceptors (Lipinski definition) is 4. The molecule has 0 saturated carbocycles. The first-order chi connectivity index (χ1) is 10.2. The molecule has 3 rings (SSSR count). The minimum atomic E-state index is -0.415. The molecule has 0 aliphatic heterocycles. The first-order valence-electron chi connectivity index (χ1n) is 6.26. The Morgan fingerprint density at radius 3 is 2.95 bits per heavy atom. The maximum Gasteiger partial charge on any atom is 0.271 e. The van der Waals surface area contributed by atoms with E-state index in [2.05, 4.69) is 11.1 Å². The molecule has 0 radical (unpaired) electrons. The van der Waals surface area contributed by atoms with Crippen LogP contribution >= 0.6 is 0 Å². The Kier molecular flexibility index (Phi) is 3.09. The standard InChI is InChI=1S/C15H10N4O2/c16-9-14-12(2-1-6-17-14)10-18-7-5-11-3-4-13(19(20)21)8-15(11)18/h1-8H,10H2. The fourth-order valence-corrected chi connectivity index (χ4v) is 2.27. The van der Waals surface area contributed by atoms with E-state index in [4.69, 9.17) is 5.26 Å². The summed E-state index contributed by atoms with van der Waals surface area (Å²) >= 11 is 0. The number of pyridine rings is 1. The van der Waals surface area contributed by atoms with Crippen molar-refractivity contribution >= 4 is 16.6 Å². The smallest absolute Gasteiger partial charge is 0.271 e. The van der Waals surface area contributed by atoms with Gasteiger partial charge in [0.1, 0.15) is 11.8 Å². The number of nitrogens with zero attached hydrogens (tertiary/aromatic N) is 4. The number of aromatic nitrogens is 2. The molecule has 102 valence electrons. The third-order valence-electron chi connectivity index (χ3n) is 3.31. The predicted octanol–water partition coefficient (Wildman–Crippen LogP) is 2.86. The Morgan fingerprint density at radius 1 is 1.33 bits per heavy atom. The van der Waals surface area contributed by atoms with Gasteiger partial charge < -0.3 is 4.57 Å². The molecule has 0 atom stereocenters. The predicted molar refractivity (Wildman–Crippen MR) is 76.6 cm³/mol. The van der Waals surface area contributed by atoms with E-state index >= 15 is 0 Å². The lowest BCUT2D eigenvalue weighted by atomic mass is 10.2. The van der Waals surface area contributed by atoms with Crippen LogP contribution in [0.5, 0.6) is 0 Å². The second kappa shape index (κ2) is 5.06. The molecule has 0 aliphatic carbocycles. The van der Waals surface area contributed by atoms with Gasteiger partial charge in [0.15, 0.2) is 0 Å². The summed E-state index contributed by atoms with van der Waals surface area (Å²) in [4.78, 5) is 14.5. The van der Waals surface area contributed by atoms with E-state index in [1.807, 2.05) is 22.9 Å². The molecule has 0 spiro atoms. The molecule has 21 heavy (non-hydrogen) atoms. The number of nitro groups is 1. The lowest BCUT2D eigenvalue weighted by Gasteiger charge is -2.06. The number of hydrogen-bond donors (Lipinski definition) is 0. The summed E-state index contributed by atoms with van der Waals surface area (Å²) in [5.41, 5.74) is 1.96.